The van der Waals surface area contributed by atoms with Crippen molar-refractivity contribution in [2.45, 2.75) is 6.42 Å². The number of aromatic nitrogens is 2. The third-order valence-electron chi connectivity index (χ3n) is 2.98. The number of nitrogens with one attached hydrogen (secondary N) is 1. The number of halogens is 2. The van der Waals surface area contributed by atoms with Gasteiger partial charge in [0.15, 0.2) is 0 Å². The van der Waals surface area contributed by atoms with Gasteiger partial charge in [-0.25, -0.2) is 13.8 Å². The van der Waals surface area contributed by atoms with Crippen LogP contribution in [0.5, 0.6) is 0 Å². The van der Waals surface area contributed by atoms with Crippen LogP contribution >= 0.6 is 0 Å². The van der Waals surface area contributed by atoms with E-state index in [1.165, 1.54) is 24.3 Å². The van der Waals surface area contributed by atoms with E-state index in [1.54, 1.807) is 12.1 Å². The van der Waals surface area contributed by atoms with Gasteiger partial charge in [0, 0.05) is 6.42 Å². The third-order valence-corrected chi connectivity index (χ3v) is 2.98. The van der Waals surface area contributed by atoms with Gasteiger partial charge in [0.25, 0.3) is 5.56 Å². The molecule has 0 unspecified atom stereocenters. The summed E-state index contributed by atoms with van der Waals surface area (Å²) in [6.45, 7) is 0. The lowest BCUT2D eigenvalue weighted by Gasteiger charge is -2.03. The molecule has 3 nitrogen and oxygen atoms in total. The van der Waals surface area contributed by atoms with E-state index in [9.17, 15) is 13.6 Å². The van der Waals surface area contributed by atoms with Crippen molar-refractivity contribution in [3.05, 3.63) is 75.8 Å². The largest absolute Gasteiger partial charge is 0.310 e. The van der Waals surface area contributed by atoms with Crippen molar-refractivity contribution in [1.82, 2.24) is 9.97 Å². The number of aromatic amines is 1. The Morgan fingerprint density at radius 3 is 2.65 bits per heavy atom. The Balaban J connectivity index is 2.05. The van der Waals surface area contributed by atoms with Crippen molar-refractivity contribution in [2.24, 2.45) is 0 Å². The molecule has 100 valence electrons. The zero-order chi connectivity index (χ0) is 14.1. The number of fused-ring (bicyclic) bond motifs is 1. The molecule has 0 radical (unpaired) electrons. The first-order chi connectivity index (χ1) is 9.61. The summed E-state index contributed by atoms with van der Waals surface area (Å²) in [6.07, 6.45) is 0.306. The van der Waals surface area contributed by atoms with Gasteiger partial charge >= 0.3 is 0 Å². The van der Waals surface area contributed by atoms with Crippen LogP contribution in [0.3, 0.4) is 0 Å². The highest BCUT2D eigenvalue weighted by Gasteiger charge is 2.06. The Labute approximate surface area is 112 Å². The summed E-state index contributed by atoms with van der Waals surface area (Å²) in [7, 11) is 0. The lowest BCUT2D eigenvalue weighted by Crippen LogP contribution is -2.12. The van der Waals surface area contributed by atoms with Crippen LogP contribution in [0, 0.1) is 11.6 Å². The average Bonchev–Trinajstić information content (AvgIpc) is 2.40. The molecule has 5 heteroatoms. The summed E-state index contributed by atoms with van der Waals surface area (Å²) in [5, 5.41) is 0.202. The van der Waals surface area contributed by atoms with Crippen molar-refractivity contribution in [1.29, 1.82) is 0 Å². The molecule has 1 aromatic heterocycles. The number of hydrogen-bond donors (Lipinski definition) is 1. The average molecular weight is 272 g/mol. The van der Waals surface area contributed by atoms with Crippen LogP contribution < -0.4 is 5.56 Å². The maximum atomic E-state index is 13.1. The van der Waals surface area contributed by atoms with Gasteiger partial charge in [-0.05, 0) is 35.9 Å². The van der Waals surface area contributed by atoms with Crippen LogP contribution in [-0.4, -0.2) is 9.97 Å². The lowest BCUT2D eigenvalue weighted by atomic mass is 10.1. The summed E-state index contributed by atoms with van der Waals surface area (Å²) in [5.74, 6) is -0.407. The van der Waals surface area contributed by atoms with Crippen molar-refractivity contribution < 1.29 is 8.78 Å². The quantitative estimate of drug-likeness (QED) is 0.779. The first kappa shape index (κ1) is 12.5. The molecule has 0 aliphatic heterocycles. The SMILES string of the molecule is O=c1[nH]c(Cc2cccc(F)c2)nc2ccc(F)cc12. The van der Waals surface area contributed by atoms with Crippen molar-refractivity contribution in [2.75, 3.05) is 0 Å². The molecule has 1 N–H and O–H groups in total. The van der Waals surface area contributed by atoms with E-state index < -0.39 is 11.4 Å². The Morgan fingerprint density at radius 2 is 1.85 bits per heavy atom. The number of benzene rings is 2. The smallest absolute Gasteiger partial charge is 0.258 e. The zero-order valence-corrected chi connectivity index (χ0v) is 10.4. The van der Waals surface area contributed by atoms with Crippen LogP contribution in [0.15, 0.2) is 47.3 Å². The van der Waals surface area contributed by atoms with Gasteiger partial charge in [-0.2, -0.15) is 0 Å². The van der Waals surface area contributed by atoms with Crippen LogP contribution in [0.2, 0.25) is 0 Å². The van der Waals surface area contributed by atoms with E-state index in [0.29, 0.717) is 23.3 Å². The minimum atomic E-state index is -0.484. The van der Waals surface area contributed by atoms with Gasteiger partial charge in [-0.15, -0.1) is 0 Å². The summed E-state index contributed by atoms with van der Waals surface area (Å²) in [6, 6.07) is 9.93. The van der Waals surface area contributed by atoms with Crippen LogP contribution in [0.1, 0.15) is 11.4 Å². The van der Waals surface area contributed by atoms with Crippen molar-refractivity contribution in [3.63, 3.8) is 0 Å². The summed E-state index contributed by atoms with van der Waals surface area (Å²) < 4.78 is 26.2. The molecular weight excluding hydrogens is 262 g/mol. The molecule has 0 saturated heterocycles. The number of rotatable bonds is 2. The maximum Gasteiger partial charge on any atom is 0.258 e. The molecule has 0 spiro atoms. The molecule has 0 fully saturated rings. The fraction of sp³-hybridized carbons (Fsp3) is 0.0667. The van der Waals surface area contributed by atoms with E-state index in [4.69, 9.17) is 0 Å². The minimum Gasteiger partial charge on any atom is -0.310 e. The van der Waals surface area contributed by atoms with Gasteiger partial charge in [0.1, 0.15) is 17.5 Å². The maximum absolute atomic E-state index is 13.1. The normalized spacial score (nSPS) is 10.9. The first-order valence-corrected chi connectivity index (χ1v) is 6.05. The Bertz CT molecular complexity index is 843. The molecular formula is C15H10F2N2O. The second kappa shape index (κ2) is 4.85. The van der Waals surface area contributed by atoms with E-state index in [1.807, 2.05) is 0 Å². The summed E-state index contributed by atoms with van der Waals surface area (Å²) in [4.78, 5) is 18.7. The topological polar surface area (TPSA) is 45.8 Å². The zero-order valence-electron chi connectivity index (χ0n) is 10.4. The Morgan fingerprint density at radius 1 is 1.05 bits per heavy atom. The molecule has 1 heterocycles. The van der Waals surface area contributed by atoms with E-state index in [2.05, 4.69) is 9.97 Å². The number of nitrogens with zero attached hydrogens (tertiary/aromatic N) is 1. The van der Waals surface area contributed by atoms with Gasteiger partial charge in [0.05, 0.1) is 10.9 Å². The van der Waals surface area contributed by atoms with E-state index in [-0.39, 0.29) is 11.2 Å². The predicted octanol–water partition coefficient (Wildman–Crippen LogP) is 2.79. The van der Waals surface area contributed by atoms with Crippen molar-refractivity contribution in [3.8, 4) is 0 Å². The minimum absolute atomic E-state index is 0.202. The van der Waals surface area contributed by atoms with Gasteiger partial charge in [0.2, 0.25) is 0 Å². The van der Waals surface area contributed by atoms with Gasteiger partial charge in [-0.3, -0.25) is 4.79 Å². The van der Waals surface area contributed by atoms with Crippen LogP contribution in [0.4, 0.5) is 8.78 Å². The molecule has 0 bridgehead atoms. The molecule has 0 atom stereocenters. The fourth-order valence-corrected chi connectivity index (χ4v) is 2.08. The molecule has 0 aliphatic carbocycles. The van der Waals surface area contributed by atoms with Crippen LogP contribution in [0.25, 0.3) is 10.9 Å². The first-order valence-electron chi connectivity index (χ1n) is 6.05. The lowest BCUT2D eigenvalue weighted by molar-refractivity contribution is 0.625. The number of hydrogen-bond acceptors (Lipinski definition) is 2. The monoisotopic (exact) mass is 272 g/mol. The van der Waals surface area contributed by atoms with Crippen molar-refractivity contribution >= 4 is 10.9 Å². The third kappa shape index (κ3) is 2.42. The summed E-state index contributed by atoms with van der Waals surface area (Å²) in [5.41, 5.74) is 0.720. The number of H-pyrrole nitrogens is 1. The van der Waals surface area contributed by atoms with Gasteiger partial charge < -0.3 is 4.98 Å². The fourth-order valence-electron chi connectivity index (χ4n) is 2.08. The highest BCUT2D eigenvalue weighted by molar-refractivity contribution is 5.77. The molecule has 20 heavy (non-hydrogen) atoms. The Kier molecular flexibility index (Phi) is 3.02. The molecule has 3 rings (SSSR count). The Hall–Kier alpha value is -2.56. The molecule has 3 aromatic rings. The standard InChI is InChI=1S/C15H10F2N2O/c16-10-3-1-2-9(6-10)7-14-18-13-5-4-11(17)8-12(13)15(20)19-14/h1-6,8H,7H2,(H,18,19,20). The predicted molar refractivity (Wildman–Crippen MR) is 71.5 cm³/mol. The van der Waals surface area contributed by atoms with Crippen LogP contribution in [-0.2, 0) is 6.42 Å². The molecule has 0 aliphatic rings. The second-order valence-corrected chi connectivity index (χ2v) is 4.48. The summed E-state index contributed by atoms with van der Waals surface area (Å²) >= 11 is 0. The van der Waals surface area contributed by atoms with E-state index >= 15 is 0 Å². The highest BCUT2D eigenvalue weighted by atomic mass is 19.1. The molecule has 0 amide bonds. The highest BCUT2D eigenvalue weighted by Crippen LogP contribution is 2.12. The molecule has 2 aromatic carbocycles. The second-order valence-electron chi connectivity index (χ2n) is 4.48. The van der Waals surface area contributed by atoms with Gasteiger partial charge in [-0.1, -0.05) is 12.1 Å². The van der Waals surface area contributed by atoms with E-state index in [0.717, 1.165) is 6.07 Å². The molecule has 0 saturated carbocycles.